The van der Waals surface area contributed by atoms with E-state index in [1.807, 2.05) is 60.7 Å². The summed E-state index contributed by atoms with van der Waals surface area (Å²) in [6.07, 6.45) is 0.714. The van der Waals surface area contributed by atoms with Crippen molar-refractivity contribution in [1.29, 1.82) is 0 Å². The monoisotopic (exact) mass is 459 g/mol. The Labute approximate surface area is 199 Å². The molecule has 3 aromatic carbocycles. The predicted octanol–water partition coefficient (Wildman–Crippen LogP) is 3.75. The van der Waals surface area contributed by atoms with Crippen molar-refractivity contribution in [3.05, 3.63) is 71.8 Å². The Hall–Kier alpha value is -3.87. The molecule has 0 unspecified atom stereocenters. The number of hydrogen-bond acceptors (Lipinski definition) is 4. The van der Waals surface area contributed by atoms with Gasteiger partial charge in [0.05, 0.1) is 12.8 Å². The van der Waals surface area contributed by atoms with E-state index in [1.165, 1.54) is 0 Å². The summed E-state index contributed by atoms with van der Waals surface area (Å²) in [5.41, 5.74) is 2.46. The van der Waals surface area contributed by atoms with Gasteiger partial charge < -0.3 is 19.9 Å². The number of likely N-dealkylation sites (N-methyl/N-ethyl adjacent to an activating group) is 1. The van der Waals surface area contributed by atoms with E-state index in [2.05, 4.69) is 5.32 Å². The lowest BCUT2D eigenvalue weighted by atomic mass is 10.1. The highest BCUT2D eigenvalue weighted by Gasteiger charge is 2.30. The zero-order chi connectivity index (χ0) is 24.2. The summed E-state index contributed by atoms with van der Waals surface area (Å²) in [6.45, 7) is 2.44. The van der Waals surface area contributed by atoms with Crippen LogP contribution >= 0.6 is 0 Å². The molecule has 0 bridgehead atoms. The van der Waals surface area contributed by atoms with Crippen LogP contribution < -0.4 is 15.0 Å². The Bertz CT molecular complexity index is 1230. The molecule has 3 amide bonds. The number of benzene rings is 3. The largest absolute Gasteiger partial charge is 0.497 e. The van der Waals surface area contributed by atoms with Gasteiger partial charge in [-0.1, -0.05) is 36.4 Å². The quantitative estimate of drug-likeness (QED) is 0.529. The molecule has 1 N–H and O–H groups in total. The summed E-state index contributed by atoms with van der Waals surface area (Å²) in [5.74, 6) is 0.291. The van der Waals surface area contributed by atoms with Crippen LogP contribution in [0, 0.1) is 0 Å². The SMILES string of the molecule is CNC(=O)[C@H](C)N(Cc1cccc(OC)c1)C(=O)CCCN1C(=O)c2cccc3cccc1c23. The minimum Gasteiger partial charge on any atom is -0.497 e. The number of nitrogens with zero attached hydrogens (tertiary/aromatic N) is 2. The molecule has 176 valence electrons. The Morgan fingerprint density at radius 3 is 2.56 bits per heavy atom. The van der Waals surface area contributed by atoms with Crippen LogP contribution in [-0.2, 0) is 16.1 Å². The van der Waals surface area contributed by atoms with Crippen LogP contribution in [0.3, 0.4) is 0 Å². The van der Waals surface area contributed by atoms with Gasteiger partial charge in [0.2, 0.25) is 11.8 Å². The fourth-order valence-electron chi connectivity index (χ4n) is 4.49. The van der Waals surface area contributed by atoms with E-state index in [0.29, 0.717) is 24.3 Å². The number of nitrogens with one attached hydrogen (secondary N) is 1. The van der Waals surface area contributed by atoms with Crippen LogP contribution in [0.4, 0.5) is 5.69 Å². The minimum absolute atomic E-state index is 0.0359. The lowest BCUT2D eigenvalue weighted by Crippen LogP contribution is -2.46. The van der Waals surface area contributed by atoms with Gasteiger partial charge in [-0.2, -0.15) is 0 Å². The number of anilines is 1. The Morgan fingerprint density at radius 1 is 1.09 bits per heavy atom. The second-order valence-electron chi connectivity index (χ2n) is 8.40. The highest BCUT2D eigenvalue weighted by molar-refractivity contribution is 6.25. The third kappa shape index (κ3) is 4.46. The van der Waals surface area contributed by atoms with Crippen LogP contribution in [0.5, 0.6) is 5.75 Å². The minimum atomic E-state index is -0.630. The molecule has 0 aromatic heterocycles. The van der Waals surface area contributed by atoms with Gasteiger partial charge in [-0.25, -0.2) is 0 Å². The first-order valence-electron chi connectivity index (χ1n) is 11.4. The lowest BCUT2D eigenvalue weighted by molar-refractivity contribution is -0.140. The number of ether oxygens (including phenoxy) is 1. The molecule has 1 atom stereocenters. The topological polar surface area (TPSA) is 79.0 Å². The van der Waals surface area contributed by atoms with Gasteiger partial charge in [0.1, 0.15) is 11.8 Å². The van der Waals surface area contributed by atoms with Gasteiger partial charge in [0, 0.05) is 37.5 Å². The zero-order valence-electron chi connectivity index (χ0n) is 19.7. The molecule has 0 saturated heterocycles. The molecule has 1 aliphatic rings. The maximum Gasteiger partial charge on any atom is 0.258 e. The third-order valence-electron chi connectivity index (χ3n) is 6.32. The van der Waals surface area contributed by atoms with Gasteiger partial charge in [0.25, 0.3) is 5.91 Å². The van der Waals surface area contributed by atoms with E-state index < -0.39 is 6.04 Å². The molecular formula is C27H29N3O4. The van der Waals surface area contributed by atoms with E-state index in [9.17, 15) is 14.4 Å². The highest BCUT2D eigenvalue weighted by Crippen LogP contribution is 2.37. The lowest BCUT2D eigenvalue weighted by Gasteiger charge is -2.29. The zero-order valence-corrected chi connectivity index (χ0v) is 19.7. The average Bonchev–Trinajstić information content (AvgIpc) is 3.14. The van der Waals surface area contributed by atoms with E-state index in [-0.39, 0.29) is 30.7 Å². The van der Waals surface area contributed by atoms with Crippen molar-refractivity contribution in [1.82, 2.24) is 10.2 Å². The van der Waals surface area contributed by atoms with Gasteiger partial charge in [-0.3, -0.25) is 14.4 Å². The van der Waals surface area contributed by atoms with Crippen molar-refractivity contribution >= 4 is 34.2 Å². The molecule has 7 heteroatoms. The average molecular weight is 460 g/mol. The van der Waals surface area contributed by atoms with Crippen molar-refractivity contribution in [3.8, 4) is 5.75 Å². The maximum absolute atomic E-state index is 13.2. The maximum atomic E-state index is 13.2. The number of rotatable bonds is 9. The predicted molar refractivity (Wildman–Crippen MR) is 132 cm³/mol. The summed E-state index contributed by atoms with van der Waals surface area (Å²) in [5, 5.41) is 4.63. The summed E-state index contributed by atoms with van der Waals surface area (Å²) in [6, 6.07) is 18.5. The van der Waals surface area contributed by atoms with Gasteiger partial charge in [0.15, 0.2) is 0 Å². The summed E-state index contributed by atoms with van der Waals surface area (Å²) < 4.78 is 5.29. The molecule has 1 heterocycles. The van der Waals surface area contributed by atoms with Crippen LogP contribution in [0.2, 0.25) is 0 Å². The van der Waals surface area contributed by atoms with Crippen LogP contribution in [0.25, 0.3) is 10.8 Å². The van der Waals surface area contributed by atoms with E-state index in [0.717, 1.165) is 22.0 Å². The van der Waals surface area contributed by atoms with Crippen molar-refractivity contribution in [2.45, 2.75) is 32.4 Å². The van der Waals surface area contributed by atoms with E-state index in [1.54, 1.807) is 30.9 Å². The summed E-state index contributed by atoms with van der Waals surface area (Å²) in [4.78, 5) is 41.9. The second kappa shape index (κ2) is 9.95. The van der Waals surface area contributed by atoms with Gasteiger partial charge >= 0.3 is 0 Å². The smallest absolute Gasteiger partial charge is 0.258 e. The summed E-state index contributed by atoms with van der Waals surface area (Å²) >= 11 is 0. The van der Waals surface area contributed by atoms with Crippen molar-refractivity contribution in [2.24, 2.45) is 0 Å². The van der Waals surface area contributed by atoms with E-state index >= 15 is 0 Å². The normalized spacial score (nSPS) is 13.1. The third-order valence-corrected chi connectivity index (χ3v) is 6.32. The van der Waals surface area contributed by atoms with Crippen LogP contribution in [0.1, 0.15) is 35.7 Å². The molecule has 0 aliphatic carbocycles. The molecule has 3 aromatic rings. The molecule has 7 nitrogen and oxygen atoms in total. The first-order chi connectivity index (χ1) is 16.4. The molecule has 1 aliphatic heterocycles. The molecule has 0 saturated carbocycles. The Kier molecular flexibility index (Phi) is 6.82. The van der Waals surface area contributed by atoms with Crippen LogP contribution in [0.15, 0.2) is 60.7 Å². The Balaban J connectivity index is 1.46. The van der Waals surface area contributed by atoms with Crippen LogP contribution in [-0.4, -0.2) is 49.4 Å². The second-order valence-corrected chi connectivity index (χ2v) is 8.40. The van der Waals surface area contributed by atoms with Gasteiger partial charge in [-0.15, -0.1) is 0 Å². The Morgan fingerprint density at radius 2 is 1.82 bits per heavy atom. The molecule has 34 heavy (non-hydrogen) atoms. The fraction of sp³-hybridized carbons (Fsp3) is 0.296. The number of hydrogen-bond donors (Lipinski definition) is 1. The highest BCUT2D eigenvalue weighted by atomic mass is 16.5. The van der Waals surface area contributed by atoms with E-state index in [4.69, 9.17) is 4.74 Å². The van der Waals surface area contributed by atoms with Crippen molar-refractivity contribution in [3.63, 3.8) is 0 Å². The van der Waals surface area contributed by atoms with Crippen molar-refractivity contribution < 1.29 is 19.1 Å². The molecule has 0 radical (unpaired) electrons. The van der Waals surface area contributed by atoms with Crippen molar-refractivity contribution in [2.75, 3.05) is 25.6 Å². The van der Waals surface area contributed by atoms with Gasteiger partial charge in [-0.05, 0) is 48.6 Å². The first-order valence-corrected chi connectivity index (χ1v) is 11.4. The number of methoxy groups -OCH3 is 1. The number of carbonyl (C=O) groups excluding carboxylic acids is 3. The molecule has 0 spiro atoms. The first kappa shape index (κ1) is 23.3. The standard InChI is InChI=1S/C27H29N3O4/c1-18(26(32)28-2)30(17-19-8-4-11-21(16-19)34-3)24(31)14-7-15-29-23-13-6-10-20-9-5-12-22(25(20)23)27(29)33/h4-6,8-13,16,18H,7,14-15,17H2,1-3H3,(H,28,32)/t18-/m0/s1. The number of carbonyl (C=O) groups is 3. The molecule has 0 fully saturated rings. The summed E-state index contributed by atoms with van der Waals surface area (Å²) in [7, 11) is 3.15. The fourth-order valence-corrected chi connectivity index (χ4v) is 4.49. The molecular weight excluding hydrogens is 430 g/mol. The number of amides is 3. The molecule has 4 rings (SSSR count).